The Morgan fingerprint density at radius 1 is 0.500 bits per heavy atom. The van der Waals surface area contributed by atoms with E-state index in [1.807, 2.05) is 83.3 Å². The maximum absolute atomic E-state index is 4.58. The quantitative estimate of drug-likeness (QED) is 0.105. The largest absolute Gasteiger partial charge is 0.473 e. The van der Waals surface area contributed by atoms with Crippen LogP contribution in [0.5, 0.6) is 0 Å². The number of rotatable bonds is 0. The highest BCUT2D eigenvalue weighted by Gasteiger charge is 1.94. The molecule has 5 N–H and O–H groups in total. The number of hydrogen-bond donors (Lipinski definition) is 5. The average Bonchev–Trinajstić information content (AvgIpc) is 4.11. The predicted octanol–water partition coefficient (Wildman–Crippen LogP) is 11.8. The number of nitrogens with zero attached hydrogens (tertiary/aromatic N) is 2. The second-order valence-electron chi connectivity index (χ2n) is 11.2. The van der Waals surface area contributed by atoms with Crippen LogP contribution in [-0.4, -0.2) is 51.1 Å². The van der Waals surface area contributed by atoms with Gasteiger partial charge in [-0.3, -0.25) is 4.98 Å². The zero-order valence-corrected chi connectivity index (χ0v) is 33.2. The number of fused-ring (bicyclic) bond motifs is 2. The van der Waals surface area contributed by atoms with E-state index in [4.69, 9.17) is 0 Å². The van der Waals surface area contributed by atoms with Gasteiger partial charge in [0.2, 0.25) is 0 Å². The summed E-state index contributed by atoms with van der Waals surface area (Å²) in [6, 6.07) is 32.4. The summed E-state index contributed by atoms with van der Waals surface area (Å²) in [5.74, 6) is 0. The Bertz CT molecular complexity index is 1530. The van der Waals surface area contributed by atoms with Crippen molar-refractivity contribution in [2.24, 2.45) is 0 Å². The molecule has 2 aromatic carbocycles. The van der Waals surface area contributed by atoms with Gasteiger partial charge in [-0.05, 0) is 127 Å². The van der Waals surface area contributed by atoms with Crippen molar-refractivity contribution in [1.82, 2.24) is 35.6 Å². The van der Waals surface area contributed by atoms with E-state index in [9.17, 15) is 0 Å². The topological polar surface area (TPSA) is 110 Å². The number of piperidine rings is 1. The number of nitrogens with one attached hydrogen (secondary N) is 5. The summed E-state index contributed by atoms with van der Waals surface area (Å²) < 4.78 is 5.96. The molecule has 7 aromatic heterocycles. The third-order valence-corrected chi connectivity index (χ3v) is 9.14. The normalized spacial score (nSPS) is 12.0. The third-order valence-electron chi connectivity index (χ3n) is 7.09. The lowest BCUT2D eigenvalue weighted by Crippen LogP contribution is -2.21. The molecule has 9 aromatic rings. The molecule has 0 amide bonds. The van der Waals surface area contributed by atoms with Crippen molar-refractivity contribution in [3.63, 3.8) is 0 Å². The lowest BCUT2D eigenvalue weighted by Gasteiger charge is -2.08. The first-order valence-electron chi connectivity index (χ1n) is 18.1. The van der Waals surface area contributed by atoms with E-state index < -0.39 is 0 Å². The van der Waals surface area contributed by atoms with Gasteiger partial charge in [0.15, 0.2) is 0 Å². The minimum absolute atomic E-state index is 1.21. The van der Waals surface area contributed by atoms with Crippen LogP contribution in [-0.2, 0) is 0 Å². The van der Waals surface area contributed by atoms with Crippen LogP contribution in [0.15, 0.2) is 185 Å². The molecule has 284 valence electrons. The van der Waals surface area contributed by atoms with E-state index >= 15 is 0 Å². The SMILES string of the molecule is C1CCNC1.C1CCNCC1.c1c[nH]cn1.c1cc[nH]c1.c1ccc2[nH]ccc2c1.c1ccc2sccc2c1.c1ccoc1.c1ccsc1.c1cscn1. The van der Waals surface area contributed by atoms with Crippen molar-refractivity contribution in [3.05, 3.63) is 180 Å². The molecule has 8 nitrogen and oxygen atoms in total. The molecule has 2 saturated heterocycles. The molecular formula is C43H53N7OS3. The number of benzene rings is 2. The summed E-state index contributed by atoms with van der Waals surface area (Å²) in [4.78, 5) is 16.1. The Balaban J connectivity index is 0.000000165. The van der Waals surface area contributed by atoms with E-state index in [0.717, 1.165) is 0 Å². The number of H-pyrrole nitrogens is 3. The second-order valence-corrected chi connectivity index (χ2v) is 13.7. The first-order valence-corrected chi connectivity index (χ1v) is 20.8. The zero-order valence-electron chi connectivity index (χ0n) is 30.7. The van der Waals surface area contributed by atoms with Gasteiger partial charge in [-0.15, -0.1) is 22.7 Å². The molecule has 54 heavy (non-hydrogen) atoms. The van der Waals surface area contributed by atoms with Gasteiger partial charge in [0, 0.05) is 52.8 Å². The molecular weight excluding hydrogens is 727 g/mol. The monoisotopic (exact) mass is 779 g/mol. The van der Waals surface area contributed by atoms with Crippen LogP contribution in [0.25, 0.3) is 21.0 Å². The van der Waals surface area contributed by atoms with Gasteiger partial charge in [-0.2, -0.15) is 11.3 Å². The van der Waals surface area contributed by atoms with Crippen molar-refractivity contribution in [2.75, 3.05) is 26.2 Å². The van der Waals surface area contributed by atoms with E-state index in [1.165, 1.54) is 79.3 Å². The summed E-state index contributed by atoms with van der Waals surface area (Å²) in [5.41, 5.74) is 3.00. The Kier molecular flexibility index (Phi) is 26.2. The van der Waals surface area contributed by atoms with Gasteiger partial charge < -0.3 is 30.0 Å². The fourth-order valence-corrected chi connectivity index (χ4v) is 6.05. The van der Waals surface area contributed by atoms with Crippen molar-refractivity contribution in [3.8, 4) is 0 Å². The van der Waals surface area contributed by atoms with Gasteiger partial charge in [-0.1, -0.05) is 55.0 Å². The van der Waals surface area contributed by atoms with E-state index in [0.29, 0.717) is 0 Å². The van der Waals surface area contributed by atoms with Gasteiger partial charge in [0.25, 0.3) is 0 Å². The molecule has 0 saturated carbocycles. The first kappa shape index (κ1) is 43.4. The van der Waals surface area contributed by atoms with Crippen LogP contribution >= 0.6 is 34.0 Å². The van der Waals surface area contributed by atoms with Crippen molar-refractivity contribution >= 4 is 55.0 Å². The number of thiophene rings is 2. The molecule has 0 spiro atoms. The summed E-state index contributed by atoms with van der Waals surface area (Å²) in [6.45, 7) is 5.00. The molecule has 2 fully saturated rings. The predicted molar refractivity (Wildman–Crippen MR) is 233 cm³/mol. The lowest BCUT2D eigenvalue weighted by atomic mass is 10.2. The highest BCUT2D eigenvalue weighted by atomic mass is 32.1. The number of thiazole rings is 1. The first-order chi connectivity index (χ1) is 26.9. The number of para-hydroxylation sites is 1. The minimum Gasteiger partial charge on any atom is -0.473 e. The summed E-state index contributed by atoms with van der Waals surface area (Å²) >= 11 is 5.10. The summed E-state index contributed by atoms with van der Waals surface area (Å²) in [5, 5.41) is 17.3. The number of aromatic amines is 3. The van der Waals surface area contributed by atoms with Crippen LogP contribution in [0.2, 0.25) is 0 Å². The number of furan rings is 1. The van der Waals surface area contributed by atoms with E-state index in [2.05, 4.69) is 93.9 Å². The molecule has 0 bridgehead atoms. The maximum atomic E-state index is 4.58. The Labute approximate surface area is 331 Å². The van der Waals surface area contributed by atoms with Crippen LogP contribution < -0.4 is 10.6 Å². The molecule has 0 aliphatic carbocycles. The van der Waals surface area contributed by atoms with Crippen molar-refractivity contribution in [2.45, 2.75) is 32.1 Å². The molecule has 2 aliphatic heterocycles. The van der Waals surface area contributed by atoms with Gasteiger partial charge in [0.05, 0.1) is 24.4 Å². The van der Waals surface area contributed by atoms with Crippen LogP contribution in [0, 0.1) is 0 Å². The van der Waals surface area contributed by atoms with E-state index in [-0.39, 0.29) is 0 Å². The standard InChI is InChI=1S/C8H7N.C8H6S.C5H11N.C4H9N.C4H5N.C4H4O.C4H4S.C3H4N2.C3H3NS/c2*1-2-4-8-7(3-1)5-6-9-8;1-2-4-6-5-3-1;4*1-2-4-5-3-1;2*1-2-5-3-4-1/h1-6,9H;1-6H;6H,1-5H2;5H,1-4H2;1-5H;2*1-4H;1-3H,(H,4,5);1-3H. The second kappa shape index (κ2) is 32.6. The molecule has 0 radical (unpaired) electrons. The minimum atomic E-state index is 1.21. The molecule has 2 aliphatic rings. The van der Waals surface area contributed by atoms with Crippen molar-refractivity contribution < 1.29 is 4.42 Å². The lowest BCUT2D eigenvalue weighted by molar-refractivity contribution is 0.520. The van der Waals surface area contributed by atoms with Gasteiger partial charge in [-0.25, -0.2) is 4.98 Å². The highest BCUT2D eigenvalue weighted by molar-refractivity contribution is 7.17. The summed E-state index contributed by atoms with van der Waals surface area (Å²) in [6.07, 6.45) is 22.8. The highest BCUT2D eigenvalue weighted by Crippen LogP contribution is 2.18. The fourth-order valence-electron chi connectivity index (χ4n) is 4.45. The Hall–Kier alpha value is -5.04. The molecule has 0 unspecified atom stereocenters. The van der Waals surface area contributed by atoms with Crippen LogP contribution in [0.3, 0.4) is 0 Å². The Morgan fingerprint density at radius 3 is 1.59 bits per heavy atom. The van der Waals surface area contributed by atoms with E-state index in [1.54, 1.807) is 77.0 Å². The Morgan fingerprint density at radius 2 is 1.19 bits per heavy atom. The summed E-state index contributed by atoms with van der Waals surface area (Å²) in [7, 11) is 0. The van der Waals surface area contributed by atoms with Crippen LogP contribution in [0.1, 0.15) is 32.1 Å². The molecule has 9 heterocycles. The van der Waals surface area contributed by atoms with Gasteiger partial charge >= 0.3 is 0 Å². The average molecular weight is 780 g/mol. The number of hydrogen-bond acceptors (Lipinski definition) is 8. The zero-order chi connectivity index (χ0) is 37.7. The molecule has 0 atom stereocenters. The number of imidazole rings is 1. The number of aromatic nitrogens is 5. The smallest absolute Gasteiger partial charge is 0.0919 e. The van der Waals surface area contributed by atoms with Gasteiger partial charge in [0.1, 0.15) is 0 Å². The molecule has 11 rings (SSSR count). The van der Waals surface area contributed by atoms with Crippen molar-refractivity contribution in [1.29, 1.82) is 0 Å². The van der Waals surface area contributed by atoms with Crippen LogP contribution in [0.4, 0.5) is 0 Å². The fraction of sp³-hybridized carbons (Fsp3) is 0.209. The third kappa shape index (κ3) is 23.5. The molecule has 11 heteroatoms. The maximum Gasteiger partial charge on any atom is 0.0919 e.